The van der Waals surface area contributed by atoms with E-state index >= 15 is 0 Å². The van der Waals surface area contributed by atoms with Gasteiger partial charge < -0.3 is 15.0 Å². The van der Waals surface area contributed by atoms with E-state index in [1.54, 1.807) is 0 Å². The standard InChI is InChI=1S/C17H19N3O3S/c1-9(2)23-11-6-4-10(5-7-11)12-8-13(21)18-15-14(12)16(22)20-17(19-15)24-3/h4-7,9,12H,8H2,1-3H3,(H2,18,19,20,21,22)/t12-/m0/s1. The Balaban J connectivity index is 2.01. The van der Waals surface area contributed by atoms with Crippen molar-refractivity contribution >= 4 is 23.5 Å². The number of thioether (sulfide) groups is 1. The van der Waals surface area contributed by atoms with Crippen LogP contribution in [0.3, 0.4) is 0 Å². The number of amides is 1. The van der Waals surface area contributed by atoms with E-state index in [2.05, 4.69) is 15.3 Å². The number of benzene rings is 1. The molecule has 0 aliphatic carbocycles. The molecule has 1 aliphatic heterocycles. The lowest BCUT2D eigenvalue weighted by Crippen LogP contribution is -2.31. The first-order valence-corrected chi connectivity index (χ1v) is 8.95. The third-order valence-electron chi connectivity index (χ3n) is 3.78. The zero-order chi connectivity index (χ0) is 17.3. The molecule has 0 unspecified atom stereocenters. The van der Waals surface area contributed by atoms with Crippen molar-refractivity contribution in [2.45, 2.75) is 37.4 Å². The predicted octanol–water partition coefficient (Wildman–Crippen LogP) is 2.75. The number of ether oxygens (including phenoxy) is 1. The molecule has 3 rings (SSSR count). The topological polar surface area (TPSA) is 84.1 Å². The number of aromatic nitrogens is 2. The highest BCUT2D eigenvalue weighted by Crippen LogP contribution is 2.34. The van der Waals surface area contributed by atoms with Gasteiger partial charge in [0.2, 0.25) is 5.91 Å². The fourth-order valence-electron chi connectivity index (χ4n) is 2.78. The molecule has 0 fully saturated rings. The van der Waals surface area contributed by atoms with E-state index in [9.17, 15) is 9.59 Å². The van der Waals surface area contributed by atoms with Crippen LogP contribution in [0.25, 0.3) is 0 Å². The Hall–Kier alpha value is -2.28. The number of nitrogens with one attached hydrogen (secondary N) is 2. The highest BCUT2D eigenvalue weighted by Gasteiger charge is 2.30. The van der Waals surface area contributed by atoms with Crippen LogP contribution in [0.5, 0.6) is 5.75 Å². The van der Waals surface area contributed by atoms with Gasteiger partial charge in [-0.3, -0.25) is 9.59 Å². The van der Waals surface area contributed by atoms with E-state index in [-0.39, 0.29) is 29.9 Å². The zero-order valence-corrected chi connectivity index (χ0v) is 14.6. The highest BCUT2D eigenvalue weighted by atomic mass is 32.2. The maximum atomic E-state index is 12.5. The van der Waals surface area contributed by atoms with E-state index < -0.39 is 0 Å². The van der Waals surface area contributed by atoms with Gasteiger partial charge in [0.25, 0.3) is 5.56 Å². The number of fused-ring (bicyclic) bond motifs is 1. The Kier molecular flexibility index (Phi) is 4.62. The molecule has 7 heteroatoms. The lowest BCUT2D eigenvalue weighted by molar-refractivity contribution is -0.116. The van der Waals surface area contributed by atoms with Crippen LogP contribution in [0.15, 0.2) is 34.2 Å². The van der Waals surface area contributed by atoms with Crippen molar-refractivity contribution in [3.05, 3.63) is 45.7 Å². The number of aromatic amines is 1. The van der Waals surface area contributed by atoms with Gasteiger partial charge in [0.15, 0.2) is 5.16 Å². The smallest absolute Gasteiger partial charge is 0.257 e. The van der Waals surface area contributed by atoms with E-state index in [1.165, 1.54) is 11.8 Å². The molecule has 0 saturated heterocycles. The Labute approximate surface area is 144 Å². The summed E-state index contributed by atoms with van der Waals surface area (Å²) in [6.07, 6.45) is 2.13. The Morgan fingerprint density at radius 3 is 2.58 bits per heavy atom. The molecule has 0 radical (unpaired) electrons. The molecule has 1 aliphatic rings. The average Bonchev–Trinajstić information content (AvgIpc) is 2.53. The van der Waals surface area contributed by atoms with Crippen molar-refractivity contribution in [1.29, 1.82) is 0 Å². The Morgan fingerprint density at radius 2 is 1.96 bits per heavy atom. The molecule has 2 N–H and O–H groups in total. The zero-order valence-electron chi connectivity index (χ0n) is 13.8. The number of carbonyl (C=O) groups excluding carboxylic acids is 1. The first-order valence-electron chi connectivity index (χ1n) is 7.72. The summed E-state index contributed by atoms with van der Waals surface area (Å²) in [4.78, 5) is 31.6. The first-order chi connectivity index (χ1) is 11.5. The van der Waals surface area contributed by atoms with E-state index in [0.29, 0.717) is 16.5 Å². The summed E-state index contributed by atoms with van der Waals surface area (Å²) in [6.45, 7) is 3.92. The summed E-state index contributed by atoms with van der Waals surface area (Å²) in [5, 5.41) is 3.19. The van der Waals surface area contributed by atoms with Gasteiger partial charge in [-0.25, -0.2) is 4.98 Å². The van der Waals surface area contributed by atoms with Gasteiger partial charge in [-0.2, -0.15) is 0 Å². The molecule has 6 nitrogen and oxygen atoms in total. The maximum Gasteiger partial charge on any atom is 0.257 e. The van der Waals surface area contributed by atoms with Gasteiger partial charge >= 0.3 is 0 Å². The summed E-state index contributed by atoms with van der Waals surface area (Å²) < 4.78 is 5.64. The first kappa shape index (κ1) is 16.6. The quantitative estimate of drug-likeness (QED) is 0.657. The number of hydrogen-bond donors (Lipinski definition) is 2. The number of H-pyrrole nitrogens is 1. The van der Waals surface area contributed by atoms with E-state index in [1.807, 2.05) is 44.4 Å². The van der Waals surface area contributed by atoms with E-state index in [0.717, 1.165) is 11.3 Å². The SMILES string of the molecule is CSc1nc2c(c(=O)[nH]1)[C@H](c1ccc(OC(C)C)cc1)CC(=O)N2. The van der Waals surface area contributed by atoms with Gasteiger partial charge in [0.05, 0.1) is 11.7 Å². The van der Waals surface area contributed by atoms with Crippen molar-refractivity contribution in [3.63, 3.8) is 0 Å². The number of nitrogens with zero attached hydrogens (tertiary/aromatic N) is 1. The molecule has 126 valence electrons. The van der Waals surface area contributed by atoms with Crippen LogP contribution >= 0.6 is 11.8 Å². The molecular weight excluding hydrogens is 326 g/mol. The predicted molar refractivity (Wildman–Crippen MR) is 93.9 cm³/mol. The summed E-state index contributed by atoms with van der Waals surface area (Å²) in [7, 11) is 0. The monoisotopic (exact) mass is 345 g/mol. The minimum atomic E-state index is -0.311. The largest absolute Gasteiger partial charge is 0.491 e. The Bertz CT molecular complexity index is 815. The number of anilines is 1. The second-order valence-electron chi connectivity index (χ2n) is 5.88. The summed E-state index contributed by atoms with van der Waals surface area (Å²) in [5.41, 5.74) is 1.19. The highest BCUT2D eigenvalue weighted by molar-refractivity contribution is 7.98. The van der Waals surface area contributed by atoms with Crippen LogP contribution < -0.4 is 15.6 Å². The van der Waals surface area contributed by atoms with Crippen molar-refractivity contribution in [2.75, 3.05) is 11.6 Å². The van der Waals surface area contributed by atoms with Gasteiger partial charge in [0.1, 0.15) is 11.6 Å². The maximum absolute atomic E-state index is 12.5. The third kappa shape index (κ3) is 3.31. The van der Waals surface area contributed by atoms with Crippen LogP contribution in [0.2, 0.25) is 0 Å². The average molecular weight is 345 g/mol. The number of rotatable bonds is 4. The summed E-state index contributed by atoms with van der Waals surface area (Å²) in [6, 6.07) is 7.51. The van der Waals surface area contributed by atoms with Crippen LogP contribution in [0.1, 0.15) is 37.3 Å². The van der Waals surface area contributed by atoms with Crippen LogP contribution in [0, 0.1) is 0 Å². The van der Waals surface area contributed by atoms with Crippen LogP contribution in [-0.2, 0) is 4.79 Å². The second-order valence-corrected chi connectivity index (χ2v) is 6.67. The number of hydrogen-bond acceptors (Lipinski definition) is 5. The molecule has 2 aromatic rings. The van der Waals surface area contributed by atoms with Crippen LogP contribution in [0.4, 0.5) is 5.82 Å². The molecule has 0 spiro atoms. The van der Waals surface area contributed by atoms with Gasteiger partial charge in [-0.15, -0.1) is 0 Å². The van der Waals surface area contributed by atoms with E-state index in [4.69, 9.17) is 4.74 Å². The lowest BCUT2D eigenvalue weighted by atomic mass is 9.87. The van der Waals surface area contributed by atoms with Crippen molar-refractivity contribution < 1.29 is 9.53 Å². The summed E-state index contributed by atoms with van der Waals surface area (Å²) >= 11 is 1.33. The molecule has 0 saturated carbocycles. The molecule has 1 aromatic heterocycles. The molecule has 2 heterocycles. The van der Waals surface area contributed by atoms with Gasteiger partial charge in [0, 0.05) is 12.3 Å². The van der Waals surface area contributed by atoms with Gasteiger partial charge in [-0.05, 0) is 37.8 Å². The third-order valence-corrected chi connectivity index (χ3v) is 4.36. The second kappa shape index (κ2) is 6.68. The Morgan fingerprint density at radius 1 is 1.25 bits per heavy atom. The molecule has 24 heavy (non-hydrogen) atoms. The lowest BCUT2D eigenvalue weighted by Gasteiger charge is -2.24. The van der Waals surface area contributed by atoms with Crippen molar-refractivity contribution in [3.8, 4) is 5.75 Å². The summed E-state index contributed by atoms with van der Waals surface area (Å²) in [5.74, 6) is 0.667. The minimum absolute atomic E-state index is 0.0917. The minimum Gasteiger partial charge on any atom is -0.491 e. The molecule has 1 aromatic carbocycles. The number of carbonyl (C=O) groups is 1. The molecular formula is C17H19N3O3S. The molecule has 1 amide bonds. The van der Waals surface area contributed by atoms with Crippen molar-refractivity contribution in [2.24, 2.45) is 0 Å². The van der Waals surface area contributed by atoms with Crippen molar-refractivity contribution in [1.82, 2.24) is 9.97 Å². The fourth-order valence-corrected chi connectivity index (χ4v) is 3.16. The van der Waals surface area contributed by atoms with Gasteiger partial charge in [-0.1, -0.05) is 23.9 Å². The fraction of sp³-hybridized carbons (Fsp3) is 0.353. The molecule has 0 bridgehead atoms. The normalized spacial score (nSPS) is 16.7. The van der Waals surface area contributed by atoms with Crippen LogP contribution in [-0.4, -0.2) is 28.2 Å². The molecule has 1 atom stereocenters.